The van der Waals surface area contributed by atoms with Crippen LogP contribution in [0.2, 0.25) is 0 Å². The van der Waals surface area contributed by atoms with Crippen molar-refractivity contribution in [3.8, 4) is 17.1 Å². The van der Waals surface area contributed by atoms with Crippen LogP contribution in [0.5, 0.6) is 5.88 Å². The van der Waals surface area contributed by atoms with Gasteiger partial charge in [0, 0.05) is 5.69 Å². The van der Waals surface area contributed by atoms with Crippen molar-refractivity contribution in [2.45, 2.75) is 67.2 Å². The first-order valence-electron chi connectivity index (χ1n) is 10.6. The SMILES string of the molecule is C1CCNC1.CC.CC.COc1nc(C(C)C)ccc1-c1nc(Br)c(N)cc1C. The van der Waals surface area contributed by atoms with Crippen LogP contribution in [-0.2, 0) is 0 Å². The van der Waals surface area contributed by atoms with Gasteiger partial charge >= 0.3 is 0 Å². The van der Waals surface area contributed by atoms with Crippen LogP contribution in [0.25, 0.3) is 11.3 Å². The van der Waals surface area contributed by atoms with Crippen LogP contribution in [0.3, 0.4) is 0 Å². The Kier molecular flexibility index (Phi) is 14.3. The van der Waals surface area contributed by atoms with Crippen LogP contribution < -0.4 is 15.8 Å². The molecule has 0 radical (unpaired) electrons. The van der Waals surface area contributed by atoms with Crippen molar-refractivity contribution in [1.82, 2.24) is 15.3 Å². The minimum atomic E-state index is 0.352. The first-order valence-corrected chi connectivity index (χ1v) is 11.4. The molecule has 0 bridgehead atoms. The summed E-state index contributed by atoms with van der Waals surface area (Å²) in [6.45, 7) is 16.7. The lowest BCUT2D eigenvalue weighted by Crippen LogP contribution is -2.03. The molecule has 0 spiro atoms. The number of pyridine rings is 2. The first kappa shape index (κ1) is 27.3. The predicted molar refractivity (Wildman–Crippen MR) is 130 cm³/mol. The second-order valence-corrected chi connectivity index (χ2v) is 7.19. The summed E-state index contributed by atoms with van der Waals surface area (Å²) in [5.41, 5.74) is 10.2. The summed E-state index contributed by atoms with van der Waals surface area (Å²) in [4.78, 5) is 9.05. The predicted octanol–water partition coefficient (Wildman–Crippen LogP) is 6.35. The lowest BCUT2D eigenvalue weighted by atomic mass is 10.0. The number of nitrogens with one attached hydrogen (secondary N) is 1. The molecule has 164 valence electrons. The number of anilines is 1. The molecule has 1 saturated heterocycles. The van der Waals surface area contributed by atoms with Gasteiger partial charge in [-0.25, -0.2) is 9.97 Å². The molecule has 0 amide bonds. The summed E-state index contributed by atoms with van der Waals surface area (Å²) < 4.78 is 6.05. The van der Waals surface area contributed by atoms with Gasteiger partial charge in [0.1, 0.15) is 4.60 Å². The van der Waals surface area contributed by atoms with E-state index in [2.05, 4.69) is 45.1 Å². The topological polar surface area (TPSA) is 73.1 Å². The fourth-order valence-corrected chi connectivity index (χ4v) is 2.91. The van der Waals surface area contributed by atoms with Crippen LogP contribution in [0.15, 0.2) is 22.8 Å². The molecule has 2 aromatic heterocycles. The van der Waals surface area contributed by atoms with E-state index in [1.165, 1.54) is 25.9 Å². The van der Waals surface area contributed by atoms with Crippen molar-refractivity contribution < 1.29 is 4.74 Å². The maximum absolute atomic E-state index is 5.85. The van der Waals surface area contributed by atoms with Crippen molar-refractivity contribution in [3.05, 3.63) is 34.1 Å². The third kappa shape index (κ3) is 8.70. The van der Waals surface area contributed by atoms with Gasteiger partial charge in [-0.15, -0.1) is 0 Å². The van der Waals surface area contributed by atoms with E-state index >= 15 is 0 Å². The van der Waals surface area contributed by atoms with Gasteiger partial charge < -0.3 is 15.8 Å². The Hall–Kier alpha value is -1.66. The Balaban J connectivity index is 0.000000732. The van der Waals surface area contributed by atoms with Crippen molar-refractivity contribution in [3.63, 3.8) is 0 Å². The molecule has 3 rings (SSSR count). The van der Waals surface area contributed by atoms with E-state index < -0.39 is 0 Å². The number of halogens is 1. The third-order valence-corrected chi connectivity index (χ3v) is 4.71. The second-order valence-electron chi connectivity index (χ2n) is 6.44. The minimum absolute atomic E-state index is 0.352. The van der Waals surface area contributed by atoms with E-state index in [0.717, 1.165) is 22.5 Å². The minimum Gasteiger partial charge on any atom is -0.480 e. The van der Waals surface area contributed by atoms with Gasteiger partial charge in [0.15, 0.2) is 0 Å². The van der Waals surface area contributed by atoms with E-state index in [-0.39, 0.29) is 0 Å². The zero-order valence-electron chi connectivity index (χ0n) is 19.4. The van der Waals surface area contributed by atoms with Crippen LogP contribution in [-0.4, -0.2) is 30.2 Å². The number of nitrogens with zero attached hydrogens (tertiary/aromatic N) is 2. The van der Waals surface area contributed by atoms with E-state index in [9.17, 15) is 0 Å². The van der Waals surface area contributed by atoms with Crippen molar-refractivity contribution in [1.29, 1.82) is 0 Å². The molecular weight excluding hydrogens is 428 g/mol. The zero-order chi connectivity index (χ0) is 22.4. The fraction of sp³-hybridized carbons (Fsp3) is 0.565. The van der Waals surface area contributed by atoms with Crippen LogP contribution in [0.1, 0.15) is 71.6 Å². The monoisotopic (exact) mass is 466 g/mol. The first-order chi connectivity index (χ1) is 13.9. The molecule has 0 aromatic carbocycles. The average molecular weight is 467 g/mol. The lowest BCUT2D eigenvalue weighted by molar-refractivity contribution is 0.397. The molecule has 1 aliphatic heterocycles. The number of rotatable bonds is 3. The largest absolute Gasteiger partial charge is 0.480 e. The van der Waals surface area contributed by atoms with E-state index in [1.807, 2.05) is 52.8 Å². The molecule has 6 heteroatoms. The molecule has 2 aromatic rings. The smallest absolute Gasteiger partial charge is 0.222 e. The number of aromatic nitrogens is 2. The molecule has 1 aliphatic rings. The molecule has 3 heterocycles. The van der Waals surface area contributed by atoms with Gasteiger partial charge in [0.2, 0.25) is 5.88 Å². The Bertz CT molecular complexity index is 709. The quantitative estimate of drug-likeness (QED) is 0.515. The number of hydrogen-bond donors (Lipinski definition) is 2. The summed E-state index contributed by atoms with van der Waals surface area (Å²) in [5, 5.41) is 3.22. The van der Waals surface area contributed by atoms with Crippen molar-refractivity contribution in [2.75, 3.05) is 25.9 Å². The second kappa shape index (κ2) is 15.2. The number of methoxy groups -OCH3 is 1. The Morgan fingerprint density at radius 3 is 2.10 bits per heavy atom. The summed E-state index contributed by atoms with van der Waals surface area (Å²) in [7, 11) is 1.62. The fourth-order valence-electron chi connectivity index (χ4n) is 2.62. The van der Waals surface area contributed by atoms with E-state index in [0.29, 0.717) is 22.1 Å². The maximum Gasteiger partial charge on any atom is 0.222 e. The van der Waals surface area contributed by atoms with Gasteiger partial charge in [-0.1, -0.05) is 41.5 Å². The molecule has 0 aliphatic carbocycles. The highest BCUT2D eigenvalue weighted by molar-refractivity contribution is 9.10. The average Bonchev–Trinajstić information content (AvgIpc) is 3.33. The highest BCUT2D eigenvalue weighted by Gasteiger charge is 2.15. The highest BCUT2D eigenvalue weighted by Crippen LogP contribution is 2.33. The Morgan fingerprint density at radius 1 is 1.07 bits per heavy atom. The maximum atomic E-state index is 5.85. The molecule has 0 saturated carbocycles. The summed E-state index contributed by atoms with van der Waals surface area (Å²) in [6.07, 6.45) is 2.78. The van der Waals surface area contributed by atoms with Gasteiger partial charge in [-0.05, 0) is 78.5 Å². The lowest BCUT2D eigenvalue weighted by Gasteiger charge is -2.13. The van der Waals surface area contributed by atoms with Gasteiger partial charge in [-0.3, -0.25) is 0 Å². The third-order valence-electron chi connectivity index (χ3n) is 4.07. The number of nitrogens with two attached hydrogens (primary N) is 1. The zero-order valence-corrected chi connectivity index (χ0v) is 21.0. The highest BCUT2D eigenvalue weighted by atomic mass is 79.9. The summed E-state index contributed by atoms with van der Waals surface area (Å²) >= 11 is 3.36. The Morgan fingerprint density at radius 2 is 1.66 bits per heavy atom. The van der Waals surface area contributed by atoms with Crippen molar-refractivity contribution >= 4 is 21.6 Å². The van der Waals surface area contributed by atoms with E-state index in [1.54, 1.807) is 7.11 Å². The Labute approximate surface area is 186 Å². The van der Waals surface area contributed by atoms with Gasteiger partial charge in [-0.2, -0.15) is 0 Å². The van der Waals surface area contributed by atoms with Crippen LogP contribution in [0, 0.1) is 6.92 Å². The molecule has 0 atom stereocenters. The van der Waals surface area contributed by atoms with Gasteiger partial charge in [0.25, 0.3) is 0 Å². The molecule has 1 fully saturated rings. The van der Waals surface area contributed by atoms with Crippen LogP contribution in [0.4, 0.5) is 5.69 Å². The number of ether oxygens (including phenoxy) is 1. The number of aryl methyl sites for hydroxylation is 1. The normalized spacial score (nSPS) is 12.1. The van der Waals surface area contributed by atoms with Gasteiger partial charge in [0.05, 0.1) is 24.1 Å². The number of nitrogen functional groups attached to an aromatic ring is 1. The summed E-state index contributed by atoms with van der Waals surface area (Å²) in [6, 6.07) is 5.90. The van der Waals surface area contributed by atoms with Crippen LogP contribution >= 0.6 is 15.9 Å². The molecule has 3 N–H and O–H groups in total. The molecule has 5 nitrogen and oxygen atoms in total. The van der Waals surface area contributed by atoms with E-state index in [4.69, 9.17) is 10.5 Å². The standard InChI is InChI=1S/C15H18BrN3O.C4H9N.2C2H6/c1-8(2)12-6-5-10(15(18-12)20-4)13-9(3)7-11(17)14(16)19-13;1-2-4-5-3-1;2*1-2/h5-8H,17H2,1-4H3;5H,1-4H2;2*1-2H3. The molecule has 0 unspecified atom stereocenters. The number of hydrogen-bond acceptors (Lipinski definition) is 5. The molecule has 29 heavy (non-hydrogen) atoms. The molecular formula is C23H39BrN4O. The summed E-state index contributed by atoms with van der Waals surface area (Å²) in [5.74, 6) is 0.939. The van der Waals surface area contributed by atoms with Crippen molar-refractivity contribution in [2.24, 2.45) is 0 Å².